The van der Waals surface area contributed by atoms with Gasteiger partial charge in [0.2, 0.25) is 28.6 Å². The molecule has 2 N–H and O–H groups in total. The van der Waals surface area contributed by atoms with E-state index in [0.717, 1.165) is 6.42 Å². The van der Waals surface area contributed by atoms with E-state index in [9.17, 15) is 18.0 Å². The summed E-state index contributed by atoms with van der Waals surface area (Å²) in [6, 6.07) is 10.9. The van der Waals surface area contributed by atoms with Crippen LogP contribution in [0.2, 0.25) is 0 Å². The second-order valence-corrected chi connectivity index (χ2v) is 8.35. The summed E-state index contributed by atoms with van der Waals surface area (Å²) in [6.45, 7) is 0.323. The van der Waals surface area contributed by atoms with Crippen molar-refractivity contribution in [1.29, 1.82) is 0 Å². The van der Waals surface area contributed by atoms with Gasteiger partial charge >= 0.3 is 0 Å². The molecule has 9 nitrogen and oxygen atoms in total. The lowest BCUT2D eigenvalue weighted by molar-refractivity contribution is -0.117. The average molecular weight is 417 g/mol. The summed E-state index contributed by atoms with van der Waals surface area (Å²) in [7, 11) is -3.87. The normalized spacial score (nSPS) is 15.6. The molecule has 0 spiro atoms. The molecular weight excluding hydrogens is 398 g/mol. The third kappa shape index (κ3) is 4.17. The number of carbonyl (C=O) groups excluding carboxylic acids is 2. The molecule has 1 saturated heterocycles. The molecule has 0 radical (unpaired) electrons. The molecule has 4 rings (SSSR count). The number of hydrogen-bond acceptors (Lipinski definition) is 6. The highest BCUT2D eigenvalue weighted by atomic mass is 32.2. The van der Waals surface area contributed by atoms with E-state index < -0.39 is 22.5 Å². The van der Waals surface area contributed by atoms with Gasteiger partial charge in [0.15, 0.2) is 11.5 Å². The van der Waals surface area contributed by atoms with Crippen LogP contribution in [-0.4, -0.2) is 40.1 Å². The molecule has 2 aromatic carbocycles. The summed E-state index contributed by atoms with van der Waals surface area (Å²) in [5.41, 5.74) is 1.13. The van der Waals surface area contributed by atoms with Gasteiger partial charge in [-0.2, -0.15) is 0 Å². The Bertz CT molecular complexity index is 1050. The Labute approximate surface area is 167 Å². The summed E-state index contributed by atoms with van der Waals surface area (Å²) in [6.07, 6.45) is 1.29. The largest absolute Gasteiger partial charge is 0.454 e. The quantitative estimate of drug-likeness (QED) is 0.736. The molecule has 2 aliphatic rings. The van der Waals surface area contributed by atoms with E-state index in [1.165, 1.54) is 12.1 Å². The smallest absolute Gasteiger partial charge is 0.241 e. The number of anilines is 2. The van der Waals surface area contributed by atoms with Crippen LogP contribution in [0.5, 0.6) is 11.5 Å². The van der Waals surface area contributed by atoms with Crippen LogP contribution in [-0.2, 0) is 19.6 Å². The van der Waals surface area contributed by atoms with Gasteiger partial charge in [-0.25, -0.2) is 13.1 Å². The predicted molar refractivity (Wildman–Crippen MR) is 104 cm³/mol. The van der Waals surface area contributed by atoms with Gasteiger partial charge in [0.05, 0.1) is 11.4 Å². The molecule has 0 bridgehead atoms. The number of hydrogen-bond donors (Lipinski definition) is 2. The van der Waals surface area contributed by atoms with Crippen molar-refractivity contribution in [3.63, 3.8) is 0 Å². The lowest BCUT2D eigenvalue weighted by Gasteiger charge is -2.16. The fourth-order valence-corrected chi connectivity index (χ4v) is 4.13. The maximum atomic E-state index is 12.4. The average Bonchev–Trinajstić information content (AvgIpc) is 3.35. The van der Waals surface area contributed by atoms with Crippen molar-refractivity contribution in [2.24, 2.45) is 0 Å². The van der Waals surface area contributed by atoms with Gasteiger partial charge < -0.3 is 19.7 Å². The van der Waals surface area contributed by atoms with Gasteiger partial charge in [0.25, 0.3) is 0 Å². The summed E-state index contributed by atoms with van der Waals surface area (Å²) in [5, 5.41) is 2.60. The fraction of sp³-hybridized carbons (Fsp3) is 0.263. The first kappa shape index (κ1) is 19.2. The van der Waals surface area contributed by atoms with Gasteiger partial charge in [-0.05, 0) is 42.8 Å². The molecule has 29 heavy (non-hydrogen) atoms. The minimum absolute atomic E-state index is 0.0174. The molecule has 0 unspecified atom stereocenters. The number of carbonyl (C=O) groups is 2. The summed E-state index contributed by atoms with van der Waals surface area (Å²) in [5.74, 6) is 0.605. The van der Waals surface area contributed by atoms with E-state index in [-0.39, 0.29) is 17.6 Å². The van der Waals surface area contributed by atoms with E-state index in [2.05, 4.69) is 10.0 Å². The highest BCUT2D eigenvalue weighted by molar-refractivity contribution is 7.89. The molecule has 0 aliphatic carbocycles. The van der Waals surface area contributed by atoms with E-state index in [4.69, 9.17) is 9.47 Å². The maximum absolute atomic E-state index is 12.4. The number of benzene rings is 2. The molecule has 2 aliphatic heterocycles. The summed E-state index contributed by atoms with van der Waals surface area (Å²) < 4.78 is 37.6. The molecule has 2 amide bonds. The highest BCUT2D eigenvalue weighted by Crippen LogP contribution is 2.34. The van der Waals surface area contributed by atoms with Crippen LogP contribution in [0, 0.1) is 0 Å². The van der Waals surface area contributed by atoms with E-state index in [1.54, 1.807) is 35.2 Å². The molecule has 0 atom stereocenters. The Kier molecular flexibility index (Phi) is 5.12. The first-order valence-corrected chi connectivity index (χ1v) is 10.5. The number of nitrogens with zero attached hydrogens (tertiary/aromatic N) is 1. The number of sulfonamides is 1. The molecule has 2 heterocycles. The second-order valence-electron chi connectivity index (χ2n) is 6.58. The van der Waals surface area contributed by atoms with Crippen molar-refractivity contribution in [3.05, 3.63) is 42.5 Å². The summed E-state index contributed by atoms with van der Waals surface area (Å²) in [4.78, 5) is 25.5. The van der Waals surface area contributed by atoms with Gasteiger partial charge in [-0.15, -0.1) is 0 Å². The molecule has 2 aromatic rings. The molecular formula is C19H19N3O6S. The molecule has 0 aromatic heterocycles. The van der Waals surface area contributed by atoms with Crippen molar-refractivity contribution >= 4 is 33.2 Å². The van der Waals surface area contributed by atoms with Crippen LogP contribution >= 0.6 is 0 Å². The lowest BCUT2D eigenvalue weighted by Crippen LogP contribution is -2.33. The van der Waals surface area contributed by atoms with Crippen molar-refractivity contribution in [1.82, 2.24) is 4.72 Å². The van der Waals surface area contributed by atoms with E-state index >= 15 is 0 Å². The minimum atomic E-state index is -3.87. The SMILES string of the molecule is O=C(CNS(=O)(=O)c1ccc(N2CCCC2=O)cc1)Nc1ccc2c(c1)OCO2. The van der Waals surface area contributed by atoms with Crippen molar-refractivity contribution in [3.8, 4) is 11.5 Å². The van der Waals surface area contributed by atoms with Crippen LogP contribution in [0.3, 0.4) is 0 Å². The van der Waals surface area contributed by atoms with Gasteiger partial charge in [-0.1, -0.05) is 0 Å². The molecule has 152 valence electrons. The Balaban J connectivity index is 1.35. The van der Waals surface area contributed by atoms with E-state index in [0.29, 0.717) is 35.8 Å². The Morgan fingerprint density at radius 2 is 1.83 bits per heavy atom. The maximum Gasteiger partial charge on any atom is 0.241 e. The van der Waals surface area contributed by atoms with Gasteiger partial charge in [-0.3, -0.25) is 9.59 Å². The predicted octanol–water partition coefficient (Wildman–Crippen LogP) is 1.46. The zero-order valence-corrected chi connectivity index (χ0v) is 16.2. The lowest BCUT2D eigenvalue weighted by atomic mass is 10.3. The zero-order valence-electron chi connectivity index (χ0n) is 15.4. The number of rotatable bonds is 6. The van der Waals surface area contributed by atoms with Crippen LogP contribution in [0.1, 0.15) is 12.8 Å². The minimum Gasteiger partial charge on any atom is -0.454 e. The van der Waals surface area contributed by atoms with Crippen LogP contribution in [0.15, 0.2) is 47.4 Å². The molecule has 0 saturated carbocycles. The van der Waals surface area contributed by atoms with Crippen molar-refractivity contribution in [2.45, 2.75) is 17.7 Å². The van der Waals surface area contributed by atoms with Gasteiger partial charge in [0, 0.05) is 30.4 Å². The third-order valence-electron chi connectivity index (χ3n) is 4.61. The first-order valence-electron chi connectivity index (χ1n) is 9.02. The third-order valence-corrected chi connectivity index (χ3v) is 6.03. The number of nitrogens with one attached hydrogen (secondary N) is 2. The van der Waals surface area contributed by atoms with Crippen LogP contribution in [0.4, 0.5) is 11.4 Å². The molecule has 10 heteroatoms. The van der Waals surface area contributed by atoms with Crippen LogP contribution < -0.4 is 24.4 Å². The second kappa shape index (κ2) is 7.72. The number of ether oxygens (including phenoxy) is 2. The monoisotopic (exact) mass is 417 g/mol. The Hall–Kier alpha value is -3.11. The topological polar surface area (TPSA) is 114 Å². The highest BCUT2D eigenvalue weighted by Gasteiger charge is 2.23. The number of fused-ring (bicyclic) bond motifs is 1. The fourth-order valence-electron chi connectivity index (χ4n) is 3.15. The van der Waals surface area contributed by atoms with Crippen LogP contribution in [0.25, 0.3) is 0 Å². The number of amides is 2. The zero-order chi connectivity index (χ0) is 20.4. The standard InChI is InChI=1S/C19H19N3O6S/c23-18(21-13-3-8-16-17(10-13)28-12-27-16)11-20-29(25,26)15-6-4-14(5-7-15)22-9-1-2-19(22)24/h3-8,10,20H,1-2,9,11-12H2,(H,21,23). The molecule has 1 fully saturated rings. The Morgan fingerprint density at radius 3 is 2.55 bits per heavy atom. The Morgan fingerprint density at radius 1 is 1.07 bits per heavy atom. The van der Waals surface area contributed by atoms with Crippen molar-refractivity contribution < 1.29 is 27.5 Å². The first-order chi connectivity index (χ1) is 13.9. The van der Waals surface area contributed by atoms with Gasteiger partial charge in [0.1, 0.15) is 0 Å². The summed E-state index contributed by atoms with van der Waals surface area (Å²) >= 11 is 0. The van der Waals surface area contributed by atoms with E-state index in [1.807, 2.05) is 0 Å². The van der Waals surface area contributed by atoms with Crippen molar-refractivity contribution in [2.75, 3.05) is 30.1 Å².